The van der Waals surface area contributed by atoms with Crippen LogP contribution >= 0.6 is 0 Å². The van der Waals surface area contributed by atoms with Gasteiger partial charge in [0, 0.05) is 29.0 Å². The second kappa shape index (κ2) is 7.55. The first-order chi connectivity index (χ1) is 14.3. The zero-order chi connectivity index (χ0) is 21.4. The summed E-state index contributed by atoms with van der Waals surface area (Å²) in [7, 11) is 0. The van der Waals surface area contributed by atoms with E-state index in [2.05, 4.69) is 10.3 Å². The molecule has 30 heavy (non-hydrogen) atoms. The van der Waals surface area contributed by atoms with Crippen LogP contribution in [0.15, 0.2) is 45.7 Å². The molecule has 0 unspecified atom stereocenters. The third kappa shape index (κ3) is 3.47. The molecular weight excluding hydrogens is 391 g/mol. The Morgan fingerprint density at radius 3 is 2.80 bits per heavy atom. The number of halogens is 1. The average molecular weight is 410 g/mol. The molecule has 4 rings (SSSR count). The van der Waals surface area contributed by atoms with Crippen molar-refractivity contribution >= 4 is 27.8 Å². The number of amides is 1. The van der Waals surface area contributed by atoms with Gasteiger partial charge < -0.3 is 24.9 Å². The number of phenols is 2. The van der Waals surface area contributed by atoms with E-state index < -0.39 is 17.1 Å². The van der Waals surface area contributed by atoms with Crippen LogP contribution in [-0.4, -0.2) is 27.6 Å². The van der Waals surface area contributed by atoms with Crippen molar-refractivity contribution in [2.45, 2.75) is 19.8 Å². The molecule has 0 radical (unpaired) electrons. The Labute approximate surface area is 169 Å². The molecule has 4 N–H and O–H groups in total. The molecule has 0 saturated heterocycles. The first-order valence-corrected chi connectivity index (χ1v) is 9.34. The van der Waals surface area contributed by atoms with Gasteiger partial charge >= 0.3 is 5.63 Å². The number of phenolic OH excluding ortho intramolecular Hbond substituents is 2. The first-order valence-electron chi connectivity index (χ1n) is 9.34. The van der Waals surface area contributed by atoms with E-state index in [1.807, 2.05) is 0 Å². The number of H-pyrrole nitrogens is 1. The minimum absolute atomic E-state index is 0.117. The molecule has 154 valence electrons. The highest BCUT2D eigenvalue weighted by Crippen LogP contribution is 2.34. The average Bonchev–Trinajstić information content (AvgIpc) is 3.10. The van der Waals surface area contributed by atoms with E-state index in [0.29, 0.717) is 23.9 Å². The number of aryl methyl sites for hydroxylation is 1. The monoisotopic (exact) mass is 410 g/mol. The zero-order valence-corrected chi connectivity index (χ0v) is 16.1. The van der Waals surface area contributed by atoms with Crippen molar-refractivity contribution in [2.75, 3.05) is 6.54 Å². The Kier molecular flexibility index (Phi) is 4.91. The van der Waals surface area contributed by atoms with E-state index in [-0.39, 0.29) is 29.3 Å². The lowest BCUT2D eigenvalue weighted by molar-refractivity contribution is -0.120. The third-order valence-electron chi connectivity index (χ3n) is 5.19. The summed E-state index contributed by atoms with van der Waals surface area (Å²) in [6.07, 6.45) is 2.09. The number of rotatable bonds is 5. The van der Waals surface area contributed by atoms with E-state index in [1.54, 1.807) is 19.2 Å². The third-order valence-corrected chi connectivity index (χ3v) is 5.19. The topological polar surface area (TPSA) is 116 Å². The number of carbonyl (C=O) groups excluding carboxylic acids is 1. The van der Waals surface area contributed by atoms with Gasteiger partial charge in [0.15, 0.2) is 11.3 Å². The highest BCUT2D eigenvalue weighted by molar-refractivity contribution is 5.89. The molecule has 1 amide bonds. The summed E-state index contributed by atoms with van der Waals surface area (Å²) in [5.74, 6) is -1.60. The molecule has 4 aromatic rings. The molecule has 0 spiro atoms. The minimum Gasteiger partial charge on any atom is -0.504 e. The molecule has 2 aromatic carbocycles. The van der Waals surface area contributed by atoms with Crippen molar-refractivity contribution in [2.24, 2.45) is 0 Å². The van der Waals surface area contributed by atoms with Crippen LogP contribution in [0.2, 0.25) is 0 Å². The summed E-state index contributed by atoms with van der Waals surface area (Å²) in [6.45, 7) is 1.97. The Morgan fingerprint density at radius 1 is 1.20 bits per heavy atom. The van der Waals surface area contributed by atoms with E-state index in [1.165, 1.54) is 24.3 Å². The second-order valence-electron chi connectivity index (χ2n) is 7.08. The fourth-order valence-corrected chi connectivity index (χ4v) is 3.55. The number of aromatic nitrogens is 1. The van der Waals surface area contributed by atoms with Gasteiger partial charge in [-0.3, -0.25) is 4.79 Å². The van der Waals surface area contributed by atoms with Gasteiger partial charge in [0.05, 0.1) is 12.0 Å². The molecule has 0 aliphatic carbocycles. The van der Waals surface area contributed by atoms with Gasteiger partial charge in [0.1, 0.15) is 5.82 Å². The number of benzene rings is 2. The summed E-state index contributed by atoms with van der Waals surface area (Å²) in [5.41, 5.74) is 1.51. The highest BCUT2D eigenvalue weighted by Gasteiger charge is 2.18. The van der Waals surface area contributed by atoms with Crippen LogP contribution in [0.4, 0.5) is 4.39 Å². The molecule has 0 aliphatic heterocycles. The molecule has 8 heteroatoms. The van der Waals surface area contributed by atoms with Gasteiger partial charge in [-0.05, 0) is 54.8 Å². The Hall–Kier alpha value is -3.81. The van der Waals surface area contributed by atoms with Crippen molar-refractivity contribution in [1.82, 2.24) is 10.3 Å². The maximum absolute atomic E-state index is 13.5. The maximum atomic E-state index is 13.5. The fourth-order valence-electron chi connectivity index (χ4n) is 3.55. The second-order valence-corrected chi connectivity index (χ2v) is 7.08. The van der Waals surface area contributed by atoms with Crippen LogP contribution in [-0.2, 0) is 17.6 Å². The van der Waals surface area contributed by atoms with Crippen LogP contribution in [0.1, 0.15) is 16.7 Å². The van der Waals surface area contributed by atoms with Crippen LogP contribution in [0.3, 0.4) is 0 Å². The molecule has 0 bridgehead atoms. The predicted octanol–water partition coefficient (Wildman–Crippen LogP) is 3.03. The fraction of sp³-hybridized carbons (Fsp3) is 0.182. The van der Waals surface area contributed by atoms with Gasteiger partial charge in [-0.15, -0.1) is 0 Å². The van der Waals surface area contributed by atoms with Crippen molar-refractivity contribution in [3.8, 4) is 11.5 Å². The largest absolute Gasteiger partial charge is 0.504 e. The van der Waals surface area contributed by atoms with Gasteiger partial charge in [-0.2, -0.15) is 0 Å². The standard InChI is InChI=1S/C22H19FN2O5/c1-11-14-3-5-18(26)20(28)21(14)30-22(29)15(11)9-19(27)24-7-6-12-10-25-17-4-2-13(23)8-16(12)17/h2-5,8,10,25-26,28H,6-7,9H2,1H3,(H,24,27). The number of fused-ring (bicyclic) bond motifs is 2. The van der Waals surface area contributed by atoms with E-state index in [4.69, 9.17) is 4.42 Å². The number of nitrogens with one attached hydrogen (secondary N) is 2. The molecule has 7 nitrogen and oxygen atoms in total. The van der Waals surface area contributed by atoms with Crippen LogP contribution in [0, 0.1) is 12.7 Å². The lowest BCUT2D eigenvalue weighted by Crippen LogP contribution is -2.29. The predicted molar refractivity (Wildman–Crippen MR) is 109 cm³/mol. The van der Waals surface area contributed by atoms with E-state index in [9.17, 15) is 24.2 Å². The van der Waals surface area contributed by atoms with E-state index >= 15 is 0 Å². The molecule has 2 heterocycles. The van der Waals surface area contributed by atoms with Gasteiger partial charge in [0.2, 0.25) is 11.7 Å². The minimum atomic E-state index is -0.747. The summed E-state index contributed by atoms with van der Waals surface area (Å²) in [5, 5.41) is 23.4. The molecule has 0 saturated carbocycles. The number of hydrogen-bond acceptors (Lipinski definition) is 5. The molecular formula is C22H19FN2O5. The lowest BCUT2D eigenvalue weighted by Gasteiger charge is -2.10. The number of aromatic amines is 1. The highest BCUT2D eigenvalue weighted by atomic mass is 19.1. The molecule has 0 aliphatic rings. The molecule has 2 aromatic heterocycles. The SMILES string of the molecule is Cc1c(CC(=O)NCCc2c[nH]c3ccc(F)cc23)c(=O)oc2c(O)c(O)ccc12. The number of hydrogen-bond donors (Lipinski definition) is 4. The van der Waals surface area contributed by atoms with E-state index in [0.717, 1.165) is 16.5 Å². The number of aromatic hydroxyl groups is 2. The number of carbonyl (C=O) groups is 1. The van der Waals surface area contributed by atoms with Gasteiger partial charge in [-0.1, -0.05) is 0 Å². The Balaban J connectivity index is 1.47. The molecule has 0 fully saturated rings. The maximum Gasteiger partial charge on any atom is 0.340 e. The van der Waals surface area contributed by atoms with Crippen molar-refractivity contribution in [3.05, 3.63) is 69.5 Å². The Morgan fingerprint density at radius 2 is 2.00 bits per heavy atom. The quantitative estimate of drug-likeness (QED) is 0.298. The Bertz CT molecular complexity index is 1340. The summed E-state index contributed by atoms with van der Waals surface area (Å²) >= 11 is 0. The summed E-state index contributed by atoms with van der Waals surface area (Å²) in [4.78, 5) is 27.7. The van der Waals surface area contributed by atoms with Crippen molar-refractivity contribution in [1.29, 1.82) is 0 Å². The van der Waals surface area contributed by atoms with Gasteiger partial charge in [-0.25, -0.2) is 9.18 Å². The van der Waals surface area contributed by atoms with Crippen molar-refractivity contribution in [3.63, 3.8) is 0 Å². The van der Waals surface area contributed by atoms with Crippen molar-refractivity contribution < 1.29 is 23.8 Å². The summed E-state index contributed by atoms with van der Waals surface area (Å²) in [6, 6.07) is 7.29. The normalized spacial score (nSPS) is 11.3. The van der Waals surface area contributed by atoms with Crippen LogP contribution in [0.5, 0.6) is 11.5 Å². The van der Waals surface area contributed by atoms with Crippen LogP contribution in [0.25, 0.3) is 21.9 Å². The first kappa shape index (κ1) is 19.5. The smallest absolute Gasteiger partial charge is 0.340 e. The zero-order valence-electron chi connectivity index (χ0n) is 16.1. The molecule has 0 atom stereocenters. The van der Waals surface area contributed by atoms with Crippen LogP contribution < -0.4 is 10.9 Å². The lowest BCUT2D eigenvalue weighted by atomic mass is 10.0. The van der Waals surface area contributed by atoms with Gasteiger partial charge in [0.25, 0.3) is 0 Å². The summed E-state index contributed by atoms with van der Waals surface area (Å²) < 4.78 is 18.6.